The highest BCUT2D eigenvalue weighted by molar-refractivity contribution is 5.95. The summed E-state index contributed by atoms with van der Waals surface area (Å²) < 4.78 is 11.1. The van der Waals surface area contributed by atoms with Crippen LogP contribution in [0.5, 0.6) is 11.5 Å². The molecular formula is C16H25ClN2O3. The van der Waals surface area contributed by atoms with Gasteiger partial charge in [-0.2, -0.15) is 0 Å². The molecule has 0 unspecified atom stereocenters. The minimum Gasteiger partial charge on any atom is -0.490 e. The largest absolute Gasteiger partial charge is 0.490 e. The SMILES string of the molecule is CCOc1ccc(C(=O)N2CCCNCC2)cc1OCC.Cl. The van der Waals surface area contributed by atoms with Crippen molar-refractivity contribution in [3.63, 3.8) is 0 Å². The molecule has 1 saturated heterocycles. The second-order valence-corrected chi connectivity index (χ2v) is 4.92. The van der Waals surface area contributed by atoms with E-state index < -0.39 is 0 Å². The highest BCUT2D eigenvalue weighted by atomic mass is 35.5. The third-order valence-corrected chi connectivity index (χ3v) is 3.42. The minimum atomic E-state index is 0. The molecule has 0 aromatic heterocycles. The number of benzene rings is 1. The molecule has 1 aromatic rings. The third kappa shape index (κ3) is 4.78. The average molecular weight is 329 g/mol. The molecule has 5 nitrogen and oxygen atoms in total. The van der Waals surface area contributed by atoms with Crippen LogP contribution in [0.15, 0.2) is 18.2 Å². The lowest BCUT2D eigenvalue weighted by Crippen LogP contribution is -2.34. The van der Waals surface area contributed by atoms with E-state index in [1.807, 2.05) is 30.9 Å². The zero-order chi connectivity index (χ0) is 15.1. The number of nitrogens with zero attached hydrogens (tertiary/aromatic N) is 1. The summed E-state index contributed by atoms with van der Waals surface area (Å²) in [6.45, 7) is 8.33. The van der Waals surface area contributed by atoms with Crippen LogP contribution in [-0.4, -0.2) is 50.2 Å². The Labute approximate surface area is 138 Å². The van der Waals surface area contributed by atoms with Gasteiger partial charge in [0.2, 0.25) is 0 Å². The lowest BCUT2D eigenvalue weighted by molar-refractivity contribution is 0.0766. The fourth-order valence-corrected chi connectivity index (χ4v) is 2.42. The summed E-state index contributed by atoms with van der Waals surface area (Å²) in [5, 5.41) is 3.30. The molecule has 6 heteroatoms. The zero-order valence-electron chi connectivity index (χ0n) is 13.3. The molecule has 124 valence electrons. The molecular weight excluding hydrogens is 304 g/mol. The summed E-state index contributed by atoms with van der Waals surface area (Å²) in [5.41, 5.74) is 0.656. The lowest BCUT2D eigenvalue weighted by Gasteiger charge is -2.20. The van der Waals surface area contributed by atoms with E-state index in [9.17, 15) is 4.79 Å². The first kappa shape index (κ1) is 18.6. The molecule has 0 atom stereocenters. The summed E-state index contributed by atoms with van der Waals surface area (Å²) in [4.78, 5) is 14.5. The lowest BCUT2D eigenvalue weighted by atomic mass is 10.1. The van der Waals surface area contributed by atoms with Crippen molar-refractivity contribution in [1.82, 2.24) is 10.2 Å². The van der Waals surface area contributed by atoms with Crippen LogP contribution in [-0.2, 0) is 0 Å². The maximum atomic E-state index is 12.6. The average Bonchev–Trinajstić information content (AvgIpc) is 2.78. The standard InChI is InChI=1S/C16H24N2O3.ClH/c1-3-20-14-7-6-13(12-15(14)21-4-2)16(19)18-10-5-8-17-9-11-18;/h6-7,12,17H,3-5,8-11H2,1-2H3;1H. The minimum absolute atomic E-state index is 0. The third-order valence-electron chi connectivity index (χ3n) is 3.42. The molecule has 0 radical (unpaired) electrons. The van der Waals surface area contributed by atoms with Crippen LogP contribution in [0.1, 0.15) is 30.6 Å². The van der Waals surface area contributed by atoms with Crippen LogP contribution < -0.4 is 14.8 Å². The first-order valence-electron chi connectivity index (χ1n) is 7.66. The molecule has 1 heterocycles. The van der Waals surface area contributed by atoms with Crippen LogP contribution in [0.2, 0.25) is 0 Å². The van der Waals surface area contributed by atoms with Gasteiger partial charge in [-0.15, -0.1) is 12.4 Å². The molecule has 1 aromatic carbocycles. The maximum absolute atomic E-state index is 12.6. The van der Waals surface area contributed by atoms with Crippen LogP contribution in [0.25, 0.3) is 0 Å². The van der Waals surface area contributed by atoms with Gasteiger partial charge >= 0.3 is 0 Å². The second-order valence-electron chi connectivity index (χ2n) is 4.92. The van der Waals surface area contributed by atoms with E-state index in [0.717, 1.165) is 32.6 Å². The number of hydrogen-bond acceptors (Lipinski definition) is 4. The van der Waals surface area contributed by atoms with E-state index in [1.165, 1.54) is 0 Å². The fraction of sp³-hybridized carbons (Fsp3) is 0.562. The normalized spacial score (nSPS) is 14.7. The Bertz CT molecular complexity index is 474. The number of nitrogens with one attached hydrogen (secondary N) is 1. The number of ether oxygens (including phenoxy) is 2. The first-order chi connectivity index (χ1) is 10.3. The molecule has 1 aliphatic rings. The molecule has 1 fully saturated rings. The van der Waals surface area contributed by atoms with Crippen molar-refractivity contribution in [2.75, 3.05) is 39.4 Å². The number of carbonyl (C=O) groups is 1. The number of halogens is 1. The Balaban J connectivity index is 0.00000242. The Morgan fingerprint density at radius 2 is 1.86 bits per heavy atom. The van der Waals surface area contributed by atoms with E-state index >= 15 is 0 Å². The van der Waals surface area contributed by atoms with Gasteiger partial charge in [0, 0.05) is 25.2 Å². The van der Waals surface area contributed by atoms with Crippen LogP contribution in [0, 0.1) is 0 Å². The van der Waals surface area contributed by atoms with Gasteiger partial charge in [0.1, 0.15) is 0 Å². The number of amides is 1. The Morgan fingerprint density at radius 1 is 1.14 bits per heavy atom. The van der Waals surface area contributed by atoms with E-state index in [2.05, 4.69) is 5.32 Å². The topological polar surface area (TPSA) is 50.8 Å². The highest BCUT2D eigenvalue weighted by Gasteiger charge is 2.18. The van der Waals surface area contributed by atoms with Crippen molar-refractivity contribution in [3.05, 3.63) is 23.8 Å². The maximum Gasteiger partial charge on any atom is 0.254 e. The summed E-state index contributed by atoms with van der Waals surface area (Å²) in [5.74, 6) is 1.38. The molecule has 1 aliphatic heterocycles. The van der Waals surface area contributed by atoms with Crippen LogP contribution in [0.3, 0.4) is 0 Å². The van der Waals surface area contributed by atoms with Crippen LogP contribution in [0.4, 0.5) is 0 Å². The van der Waals surface area contributed by atoms with Crippen LogP contribution >= 0.6 is 12.4 Å². The van der Waals surface area contributed by atoms with Gasteiger partial charge in [0.25, 0.3) is 5.91 Å². The summed E-state index contributed by atoms with van der Waals surface area (Å²) in [7, 11) is 0. The number of carbonyl (C=O) groups excluding carboxylic acids is 1. The monoisotopic (exact) mass is 328 g/mol. The van der Waals surface area contributed by atoms with Gasteiger partial charge < -0.3 is 19.7 Å². The quantitative estimate of drug-likeness (QED) is 0.901. The zero-order valence-corrected chi connectivity index (χ0v) is 14.1. The van der Waals surface area contributed by atoms with Crippen molar-refractivity contribution in [2.45, 2.75) is 20.3 Å². The molecule has 1 amide bonds. The van der Waals surface area contributed by atoms with Crippen molar-refractivity contribution in [3.8, 4) is 11.5 Å². The Hall–Kier alpha value is -1.46. The predicted octanol–water partition coefficient (Wildman–Crippen LogP) is 2.34. The fourth-order valence-electron chi connectivity index (χ4n) is 2.42. The number of rotatable bonds is 5. The van der Waals surface area contributed by atoms with Crippen molar-refractivity contribution >= 4 is 18.3 Å². The van der Waals surface area contributed by atoms with Gasteiger partial charge in [-0.3, -0.25) is 4.79 Å². The van der Waals surface area contributed by atoms with Crippen molar-refractivity contribution in [1.29, 1.82) is 0 Å². The van der Waals surface area contributed by atoms with E-state index in [4.69, 9.17) is 9.47 Å². The molecule has 1 N–H and O–H groups in total. The highest BCUT2D eigenvalue weighted by Crippen LogP contribution is 2.29. The Morgan fingerprint density at radius 3 is 2.59 bits per heavy atom. The van der Waals surface area contributed by atoms with Crippen molar-refractivity contribution < 1.29 is 14.3 Å². The summed E-state index contributed by atoms with van der Waals surface area (Å²) in [6, 6.07) is 5.42. The second kappa shape index (κ2) is 9.54. The van der Waals surface area contributed by atoms with Gasteiger partial charge in [0.15, 0.2) is 11.5 Å². The van der Waals surface area contributed by atoms with Gasteiger partial charge in [0.05, 0.1) is 13.2 Å². The van der Waals surface area contributed by atoms with Gasteiger partial charge in [-0.25, -0.2) is 0 Å². The Kier molecular flexibility index (Phi) is 8.06. The predicted molar refractivity (Wildman–Crippen MR) is 89.4 cm³/mol. The first-order valence-corrected chi connectivity index (χ1v) is 7.66. The van der Waals surface area contributed by atoms with Crippen molar-refractivity contribution in [2.24, 2.45) is 0 Å². The molecule has 0 spiro atoms. The molecule has 0 aliphatic carbocycles. The number of hydrogen-bond donors (Lipinski definition) is 1. The molecule has 0 saturated carbocycles. The van der Waals surface area contributed by atoms with Gasteiger partial charge in [-0.05, 0) is 45.0 Å². The summed E-state index contributed by atoms with van der Waals surface area (Å²) in [6.07, 6.45) is 0.987. The van der Waals surface area contributed by atoms with E-state index in [0.29, 0.717) is 30.3 Å². The smallest absolute Gasteiger partial charge is 0.254 e. The van der Waals surface area contributed by atoms with E-state index in [-0.39, 0.29) is 18.3 Å². The summed E-state index contributed by atoms with van der Waals surface area (Å²) >= 11 is 0. The molecule has 0 bridgehead atoms. The molecule has 22 heavy (non-hydrogen) atoms. The van der Waals surface area contributed by atoms with Gasteiger partial charge in [-0.1, -0.05) is 0 Å². The van der Waals surface area contributed by atoms with E-state index in [1.54, 1.807) is 6.07 Å². The molecule has 2 rings (SSSR count).